The van der Waals surface area contributed by atoms with E-state index < -0.39 is 0 Å². The molecule has 2 fully saturated rings. The zero-order valence-electron chi connectivity index (χ0n) is 14.5. The summed E-state index contributed by atoms with van der Waals surface area (Å²) in [5, 5.41) is 5.75. The van der Waals surface area contributed by atoms with Crippen LogP contribution in [0.3, 0.4) is 0 Å². The Morgan fingerprint density at radius 2 is 1.92 bits per heavy atom. The lowest BCUT2D eigenvalue weighted by Gasteiger charge is -2.33. The van der Waals surface area contributed by atoms with Gasteiger partial charge in [-0.3, -0.25) is 0 Å². The highest BCUT2D eigenvalue weighted by molar-refractivity contribution is 7.20. The molecule has 0 N–H and O–H groups in total. The van der Waals surface area contributed by atoms with Crippen molar-refractivity contribution in [2.24, 2.45) is 5.92 Å². The molecule has 5 nitrogen and oxygen atoms in total. The predicted molar refractivity (Wildman–Crippen MR) is 100 cm³/mol. The number of aromatic nitrogens is 3. The molecule has 0 bridgehead atoms. The predicted octanol–water partition coefficient (Wildman–Crippen LogP) is 3.99. The van der Waals surface area contributed by atoms with Gasteiger partial charge in [-0.1, -0.05) is 11.3 Å². The summed E-state index contributed by atoms with van der Waals surface area (Å²) < 4.78 is 20.8. The molecule has 2 aliphatic rings. The Hall–Kier alpha value is -1.99. The standard InChI is InChI=1S/C19H21FN4OS/c20-15-5-3-13(4-6-15)16-12-24-18(21-16)26-19(22-24)23-9-7-14(8-10-23)17-2-1-11-25-17/h3-6,12,14,17H,1-2,7-11H2. The normalized spacial score (nSPS) is 21.7. The van der Waals surface area contributed by atoms with E-state index in [1.807, 2.05) is 10.7 Å². The molecule has 2 saturated heterocycles. The molecule has 7 heteroatoms. The second-order valence-electron chi connectivity index (χ2n) is 7.12. The van der Waals surface area contributed by atoms with E-state index in [2.05, 4.69) is 9.88 Å². The van der Waals surface area contributed by atoms with Crippen molar-refractivity contribution in [3.05, 3.63) is 36.3 Å². The van der Waals surface area contributed by atoms with Crippen LogP contribution in [0.5, 0.6) is 0 Å². The summed E-state index contributed by atoms with van der Waals surface area (Å²) in [5.41, 5.74) is 1.73. The van der Waals surface area contributed by atoms with E-state index in [1.165, 1.54) is 37.8 Å². The molecule has 1 atom stereocenters. The monoisotopic (exact) mass is 372 g/mol. The lowest BCUT2D eigenvalue weighted by Crippen LogP contribution is -2.37. The third kappa shape index (κ3) is 2.99. The van der Waals surface area contributed by atoms with Gasteiger partial charge in [0.1, 0.15) is 5.82 Å². The van der Waals surface area contributed by atoms with Crippen molar-refractivity contribution in [3.63, 3.8) is 0 Å². The van der Waals surface area contributed by atoms with Crippen LogP contribution in [-0.4, -0.2) is 40.4 Å². The Morgan fingerprint density at radius 3 is 2.62 bits per heavy atom. The molecule has 136 valence electrons. The highest BCUT2D eigenvalue weighted by Crippen LogP contribution is 2.33. The molecule has 0 aliphatic carbocycles. The summed E-state index contributed by atoms with van der Waals surface area (Å²) in [4.78, 5) is 7.89. The first kappa shape index (κ1) is 16.2. The van der Waals surface area contributed by atoms with E-state index in [-0.39, 0.29) is 5.82 Å². The van der Waals surface area contributed by atoms with Crippen LogP contribution in [0, 0.1) is 11.7 Å². The summed E-state index contributed by atoms with van der Waals surface area (Å²) in [7, 11) is 0. The topological polar surface area (TPSA) is 42.7 Å². The fourth-order valence-corrected chi connectivity index (χ4v) is 4.95. The van der Waals surface area contributed by atoms with Crippen molar-refractivity contribution in [1.29, 1.82) is 0 Å². The van der Waals surface area contributed by atoms with E-state index in [4.69, 9.17) is 9.84 Å². The van der Waals surface area contributed by atoms with Gasteiger partial charge in [-0.2, -0.15) is 0 Å². The van der Waals surface area contributed by atoms with E-state index in [9.17, 15) is 4.39 Å². The van der Waals surface area contributed by atoms with Gasteiger partial charge in [0.05, 0.1) is 18.0 Å². The molecule has 26 heavy (non-hydrogen) atoms. The van der Waals surface area contributed by atoms with Crippen LogP contribution in [0.15, 0.2) is 30.5 Å². The molecular weight excluding hydrogens is 351 g/mol. The second-order valence-corrected chi connectivity index (χ2v) is 8.06. The van der Waals surface area contributed by atoms with Crippen molar-refractivity contribution in [1.82, 2.24) is 14.6 Å². The maximum absolute atomic E-state index is 13.1. The van der Waals surface area contributed by atoms with E-state index in [1.54, 1.807) is 23.5 Å². The smallest absolute Gasteiger partial charge is 0.214 e. The van der Waals surface area contributed by atoms with E-state index in [0.29, 0.717) is 12.0 Å². The maximum atomic E-state index is 13.1. The van der Waals surface area contributed by atoms with Crippen LogP contribution in [0.2, 0.25) is 0 Å². The number of anilines is 1. The summed E-state index contributed by atoms with van der Waals surface area (Å²) >= 11 is 1.62. The number of benzene rings is 1. The fourth-order valence-electron chi connectivity index (χ4n) is 4.01. The molecule has 5 rings (SSSR count). The summed E-state index contributed by atoms with van der Waals surface area (Å²) in [6.45, 7) is 3.00. The van der Waals surface area contributed by atoms with Crippen LogP contribution in [-0.2, 0) is 4.74 Å². The molecule has 2 aromatic heterocycles. The molecular formula is C19H21FN4OS. The molecule has 0 amide bonds. The first-order chi connectivity index (χ1) is 12.8. The minimum atomic E-state index is -0.235. The number of rotatable bonds is 3. The number of ether oxygens (including phenoxy) is 1. The van der Waals surface area contributed by atoms with Crippen molar-refractivity contribution >= 4 is 21.4 Å². The molecule has 0 radical (unpaired) electrons. The van der Waals surface area contributed by atoms with Crippen LogP contribution in [0.25, 0.3) is 16.2 Å². The Balaban J connectivity index is 1.30. The Kier molecular flexibility index (Phi) is 4.13. The molecule has 1 unspecified atom stereocenters. The second kappa shape index (κ2) is 6.63. The van der Waals surface area contributed by atoms with Gasteiger partial charge in [-0.15, -0.1) is 5.10 Å². The molecule has 0 spiro atoms. The third-order valence-corrected chi connectivity index (χ3v) is 6.46. The summed E-state index contributed by atoms with van der Waals surface area (Å²) in [6, 6.07) is 6.41. The average Bonchev–Trinajstić information content (AvgIpc) is 3.39. The SMILES string of the molecule is Fc1ccc(-c2cn3nc(N4CCC(C5CCCO5)CC4)sc3n2)cc1. The number of piperidine rings is 1. The highest BCUT2D eigenvalue weighted by Gasteiger charge is 2.30. The Bertz CT molecular complexity index is 861. The lowest BCUT2D eigenvalue weighted by atomic mass is 9.90. The zero-order valence-corrected chi connectivity index (χ0v) is 15.3. The summed E-state index contributed by atoms with van der Waals surface area (Å²) in [6.07, 6.45) is 7.18. The minimum Gasteiger partial charge on any atom is -0.378 e. The number of nitrogens with zero attached hydrogens (tertiary/aromatic N) is 4. The molecule has 1 aromatic carbocycles. The lowest BCUT2D eigenvalue weighted by molar-refractivity contribution is 0.0531. The Labute approximate surface area is 155 Å². The van der Waals surface area contributed by atoms with Crippen LogP contribution >= 0.6 is 11.3 Å². The molecule has 3 aromatic rings. The number of hydrogen-bond donors (Lipinski definition) is 0. The third-order valence-electron chi connectivity index (χ3n) is 5.47. The van der Waals surface area contributed by atoms with Gasteiger partial charge in [0.15, 0.2) is 0 Å². The minimum absolute atomic E-state index is 0.235. The van der Waals surface area contributed by atoms with Crippen molar-refractivity contribution < 1.29 is 9.13 Å². The van der Waals surface area contributed by atoms with Crippen molar-refractivity contribution in [2.45, 2.75) is 31.8 Å². The van der Waals surface area contributed by atoms with Gasteiger partial charge in [0.25, 0.3) is 0 Å². The molecule has 4 heterocycles. The van der Waals surface area contributed by atoms with Gasteiger partial charge in [0.2, 0.25) is 10.1 Å². The van der Waals surface area contributed by atoms with Crippen LogP contribution in [0.1, 0.15) is 25.7 Å². The zero-order chi connectivity index (χ0) is 17.5. The fraction of sp³-hybridized carbons (Fsp3) is 0.474. The quantitative estimate of drug-likeness (QED) is 0.697. The largest absolute Gasteiger partial charge is 0.378 e. The van der Waals surface area contributed by atoms with E-state index >= 15 is 0 Å². The number of imidazole rings is 1. The van der Waals surface area contributed by atoms with Gasteiger partial charge < -0.3 is 9.64 Å². The van der Waals surface area contributed by atoms with Gasteiger partial charge >= 0.3 is 0 Å². The van der Waals surface area contributed by atoms with Gasteiger partial charge in [-0.25, -0.2) is 13.9 Å². The van der Waals surface area contributed by atoms with Gasteiger partial charge in [0, 0.05) is 25.3 Å². The Morgan fingerprint density at radius 1 is 1.12 bits per heavy atom. The molecule has 0 saturated carbocycles. The first-order valence-electron chi connectivity index (χ1n) is 9.25. The number of fused-ring (bicyclic) bond motifs is 1. The maximum Gasteiger partial charge on any atom is 0.214 e. The average molecular weight is 372 g/mol. The van der Waals surface area contributed by atoms with Crippen molar-refractivity contribution in [2.75, 3.05) is 24.6 Å². The van der Waals surface area contributed by atoms with E-state index in [0.717, 1.165) is 41.0 Å². The first-order valence-corrected chi connectivity index (χ1v) is 10.1. The molecule has 2 aliphatic heterocycles. The van der Waals surface area contributed by atoms with Crippen LogP contribution in [0.4, 0.5) is 9.52 Å². The number of hydrogen-bond acceptors (Lipinski definition) is 5. The van der Waals surface area contributed by atoms with Crippen LogP contribution < -0.4 is 4.90 Å². The van der Waals surface area contributed by atoms with Gasteiger partial charge in [-0.05, 0) is 55.9 Å². The van der Waals surface area contributed by atoms with Crippen molar-refractivity contribution in [3.8, 4) is 11.3 Å². The summed E-state index contributed by atoms with van der Waals surface area (Å²) in [5.74, 6) is 0.462. The highest BCUT2D eigenvalue weighted by atomic mass is 32.1. The number of halogens is 1.